The number of carbonyl (C=O) groups excluding carboxylic acids is 1. The molecule has 0 saturated heterocycles. The maximum absolute atomic E-state index is 10.7. The zero-order valence-electron chi connectivity index (χ0n) is 10.3. The molecule has 0 amide bonds. The molecule has 0 fully saturated rings. The Bertz CT molecular complexity index is 561. The van der Waals surface area contributed by atoms with Crippen molar-refractivity contribution in [2.45, 2.75) is 6.92 Å². The Morgan fingerprint density at radius 1 is 1.06 bits per heavy atom. The predicted octanol–water partition coefficient (Wildman–Crippen LogP) is 3.61. The summed E-state index contributed by atoms with van der Waals surface area (Å²) in [6.07, 6.45) is 0.836. The zero-order valence-corrected chi connectivity index (χ0v) is 10.3. The average Bonchev–Trinajstić information content (AvgIpc) is 2.39. The van der Waals surface area contributed by atoms with Crippen LogP contribution in [0.15, 0.2) is 42.5 Å². The predicted molar refractivity (Wildman–Crippen MR) is 69.6 cm³/mol. The van der Waals surface area contributed by atoms with Gasteiger partial charge in [0.2, 0.25) is 0 Å². The van der Waals surface area contributed by atoms with Crippen molar-refractivity contribution in [3.05, 3.63) is 53.6 Å². The van der Waals surface area contributed by atoms with Gasteiger partial charge in [0.1, 0.15) is 12.0 Å². The van der Waals surface area contributed by atoms with E-state index < -0.39 is 0 Å². The van der Waals surface area contributed by atoms with Crippen molar-refractivity contribution in [1.29, 1.82) is 0 Å². The third kappa shape index (κ3) is 2.51. The van der Waals surface area contributed by atoms with Gasteiger partial charge in [0.05, 0.1) is 7.11 Å². The minimum atomic E-state index is 0.651. The second-order valence-electron chi connectivity index (χ2n) is 3.89. The van der Waals surface area contributed by atoms with Crippen LogP contribution in [0.2, 0.25) is 0 Å². The molecule has 92 valence electrons. The molecule has 2 aromatic rings. The van der Waals surface area contributed by atoms with E-state index in [1.807, 2.05) is 37.3 Å². The van der Waals surface area contributed by atoms with Crippen LogP contribution in [0.1, 0.15) is 15.9 Å². The van der Waals surface area contributed by atoms with Gasteiger partial charge in [0.25, 0.3) is 0 Å². The number of carbonyl (C=O) groups is 1. The molecule has 0 N–H and O–H groups in total. The van der Waals surface area contributed by atoms with Crippen LogP contribution in [0.4, 0.5) is 0 Å². The van der Waals surface area contributed by atoms with E-state index in [4.69, 9.17) is 9.47 Å². The smallest absolute Gasteiger partial charge is 0.169 e. The highest BCUT2D eigenvalue weighted by Gasteiger charge is 2.05. The molecule has 0 aliphatic heterocycles. The summed E-state index contributed by atoms with van der Waals surface area (Å²) in [5, 5.41) is 0. The number of hydrogen-bond acceptors (Lipinski definition) is 3. The first-order valence-electron chi connectivity index (χ1n) is 5.61. The Balaban J connectivity index is 2.28. The Hall–Kier alpha value is -2.29. The first kappa shape index (κ1) is 12.2. The fourth-order valence-corrected chi connectivity index (χ4v) is 1.67. The number of para-hydroxylation sites is 2. The lowest BCUT2D eigenvalue weighted by molar-refractivity contribution is 0.112. The number of rotatable bonds is 4. The average molecular weight is 242 g/mol. The molecule has 2 aromatic carbocycles. The van der Waals surface area contributed by atoms with Crippen molar-refractivity contribution in [2.75, 3.05) is 7.11 Å². The third-order valence-corrected chi connectivity index (χ3v) is 2.67. The molecule has 0 heterocycles. The van der Waals surface area contributed by atoms with Crippen LogP contribution in [0.3, 0.4) is 0 Å². The van der Waals surface area contributed by atoms with Gasteiger partial charge < -0.3 is 9.47 Å². The molecule has 0 atom stereocenters. The summed E-state index contributed by atoms with van der Waals surface area (Å²) in [4.78, 5) is 10.7. The summed E-state index contributed by atoms with van der Waals surface area (Å²) in [7, 11) is 1.60. The summed E-state index contributed by atoms with van der Waals surface area (Å²) >= 11 is 0. The molecule has 0 radical (unpaired) electrons. The minimum Gasteiger partial charge on any atom is -0.493 e. The highest BCUT2D eigenvalue weighted by molar-refractivity contribution is 5.77. The molecule has 0 aliphatic rings. The summed E-state index contributed by atoms with van der Waals surface area (Å²) in [5.41, 5.74) is 1.56. The Labute approximate surface area is 106 Å². The number of ether oxygens (including phenoxy) is 2. The van der Waals surface area contributed by atoms with E-state index in [9.17, 15) is 4.79 Å². The minimum absolute atomic E-state index is 0.651. The molecule has 2 rings (SSSR count). The lowest BCUT2D eigenvalue weighted by Gasteiger charge is -2.10. The fraction of sp³-hybridized carbons (Fsp3) is 0.133. The molecule has 3 nitrogen and oxygen atoms in total. The lowest BCUT2D eigenvalue weighted by Crippen LogP contribution is -1.92. The number of aryl methyl sites for hydroxylation is 1. The van der Waals surface area contributed by atoms with E-state index in [0.29, 0.717) is 22.8 Å². The highest BCUT2D eigenvalue weighted by Crippen LogP contribution is 2.31. The van der Waals surface area contributed by atoms with Gasteiger partial charge in [-0.2, -0.15) is 0 Å². The van der Waals surface area contributed by atoms with Crippen molar-refractivity contribution in [3.8, 4) is 17.2 Å². The number of benzene rings is 2. The SMILES string of the molecule is COc1ccccc1Oc1ccc(C=O)c(C)c1. The fourth-order valence-electron chi connectivity index (χ4n) is 1.67. The van der Waals surface area contributed by atoms with Crippen molar-refractivity contribution in [3.63, 3.8) is 0 Å². The van der Waals surface area contributed by atoms with Crippen LogP contribution in [0, 0.1) is 6.92 Å². The third-order valence-electron chi connectivity index (χ3n) is 2.67. The van der Waals surface area contributed by atoms with Gasteiger partial charge in [-0.1, -0.05) is 12.1 Å². The molecule has 0 aliphatic carbocycles. The topological polar surface area (TPSA) is 35.5 Å². The van der Waals surface area contributed by atoms with Crippen LogP contribution in [-0.4, -0.2) is 13.4 Å². The number of methoxy groups -OCH3 is 1. The van der Waals surface area contributed by atoms with Gasteiger partial charge in [0.15, 0.2) is 11.5 Å². The van der Waals surface area contributed by atoms with Crippen LogP contribution in [0.25, 0.3) is 0 Å². The normalized spacial score (nSPS) is 9.89. The summed E-state index contributed by atoms with van der Waals surface area (Å²) in [6.45, 7) is 1.87. The quantitative estimate of drug-likeness (QED) is 0.768. The molecule has 0 saturated carbocycles. The Morgan fingerprint density at radius 3 is 2.39 bits per heavy atom. The molecule has 3 heteroatoms. The van der Waals surface area contributed by atoms with Gasteiger partial charge in [-0.25, -0.2) is 0 Å². The molecule has 0 unspecified atom stereocenters. The second kappa shape index (κ2) is 5.36. The highest BCUT2D eigenvalue weighted by atomic mass is 16.5. The molecule has 0 spiro atoms. The van der Waals surface area contributed by atoms with Gasteiger partial charge in [-0.3, -0.25) is 4.79 Å². The largest absolute Gasteiger partial charge is 0.493 e. The number of aldehydes is 1. The second-order valence-corrected chi connectivity index (χ2v) is 3.89. The molecular weight excluding hydrogens is 228 g/mol. The van der Waals surface area contributed by atoms with Gasteiger partial charge in [0, 0.05) is 5.56 Å². The summed E-state index contributed by atoms with van der Waals surface area (Å²) in [5.74, 6) is 2.01. The van der Waals surface area contributed by atoms with Crippen LogP contribution >= 0.6 is 0 Å². The van der Waals surface area contributed by atoms with Crippen molar-refractivity contribution < 1.29 is 14.3 Å². The first-order valence-corrected chi connectivity index (χ1v) is 5.61. The lowest BCUT2D eigenvalue weighted by atomic mass is 10.1. The summed E-state index contributed by atoms with van der Waals surface area (Å²) < 4.78 is 11.0. The van der Waals surface area contributed by atoms with Gasteiger partial charge in [-0.15, -0.1) is 0 Å². The first-order chi connectivity index (χ1) is 8.74. The maximum atomic E-state index is 10.7. The molecule has 0 aromatic heterocycles. The molecule has 0 bridgehead atoms. The van der Waals surface area contributed by atoms with Crippen molar-refractivity contribution >= 4 is 6.29 Å². The van der Waals surface area contributed by atoms with Crippen LogP contribution in [-0.2, 0) is 0 Å². The molecular formula is C15H14O3. The van der Waals surface area contributed by atoms with Crippen molar-refractivity contribution in [1.82, 2.24) is 0 Å². The van der Waals surface area contributed by atoms with E-state index in [0.717, 1.165) is 11.8 Å². The van der Waals surface area contributed by atoms with E-state index in [1.165, 1.54) is 0 Å². The van der Waals surface area contributed by atoms with Crippen molar-refractivity contribution in [2.24, 2.45) is 0 Å². The zero-order chi connectivity index (χ0) is 13.0. The Kier molecular flexibility index (Phi) is 3.63. The van der Waals surface area contributed by atoms with Crippen LogP contribution < -0.4 is 9.47 Å². The summed E-state index contributed by atoms with van der Waals surface area (Å²) in [6, 6.07) is 12.8. The maximum Gasteiger partial charge on any atom is 0.169 e. The van der Waals surface area contributed by atoms with Gasteiger partial charge in [-0.05, 0) is 42.8 Å². The molecule has 18 heavy (non-hydrogen) atoms. The van der Waals surface area contributed by atoms with Crippen LogP contribution in [0.5, 0.6) is 17.2 Å². The van der Waals surface area contributed by atoms with E-state index in [2.05, 4.69) is 0 Å². The van der Waals surface area contributed by atoms with E-state index >= 15 is 0 Å². The standard InChI is InChI=1S/C15H14O3/c1-11-9-13(8-7-12(11)10-16)18-15-6-4-3-5-14(15)17-2/h3-10H,1-2H3. The van der Waals surface area contributed by atoms with E-state index in [-0.39, 0.29) is 0 Å². The number of hydrogen-bond donors (Lipinski definition) is 0. The van der Waals surface area contributed by atoms with E-state index in [1.54, 1.807) is 19.2 Å². The Morgan fingerprint density at radius 2 is 1.78 bits per heavy atom. The van der Waals surface area contributed by atoms with Gasteiger partial charge >= 0.3 is 0 Å². The monoisotopic (exact) mass is 242 g/mol.